The van der Waals surface area contributed by atoms with Crippen LogP contribution in [-0.4, -0.2) is 30.8 Å². The maximum atomic E-state index is 13.5. The zero-order valence-corrected chi connectivity index (χ0v) is 26.1. The van der Waals surface area contributed by atoms with Crippen molar-refractivity contribution in [2.45, 2.75) is 113 Å². The number of carbonyl (C=O) groups excluding carboxylic acids is 3. The summed E-state index contributed by atoms with van der Waals surface area (Å²) in [5.41, 5.74) is -0.205. The largest absolute Gasteiger partial charge is 0.449 e. The van der Waals surface area contributed by atoms with Crippen LogP contribution in [0.1, 0.15) is 113 Å². The first-order valence-corrected chi connectivity index (χ1v) is 15.3. The van der Waals surface area contributed by atoms with Crippen molar-refractivity contribution in [1.29, 1.82) is 5.26 Å². The minimum Gasteiger partial charge on any atom is -0.449 e. The van der Waals surface area contributed by atoms with Crippen LogP contribution in [0.4, 0.5) is 4.79 Å². The van der Waals surface area contributed by atoms with E-state index in [9.17, 15) is 19.6 Å². The van der Waals surface area contributed by atoms with Gasteiger partial charge in [-0.05, 0) is 86.5 Å². The van der Waals surface area contributed by atoms with Gasteiger partial charge in [-0.3, -0.25) is 9.59 Å². The van der Waals surface area contributed by atoms with E-state index in [-0.39, 0.29) is 50.8 Å². The highest BCUT2D eigenvalue weighted by Crippen LogP contribution is 2.69. The molecule has 0 unspecified atom stereocenters. The Labute approximate surface area is 241 Å². The van der Waals surface area contributed by atoms with Gasteiger partial charge in [0.15, 0.2) is 11.6 Å². The van der Waals surface area contributed by atoms with Crippen molar-refractivity contribution < 1.29 is 19.1 Å². The van der Waals surface area contributed by atoms with Gasteiger partial charge in [-0.15, -0.1) is 0 Å². The van der Waals surface area contributed by atoms with E-state index in [2.05, 4.69) is 46.0 Å². The summed E-state index contributed by atoms with van der Waals surface area (Å²) in [5.74, 6) is 0.0909. The summed E-state index contributed by atoms with van der Waals surface area (Å²) in [6.45, 7) is 18.2. The number of amides is 1. The van der Waals surface area contributed by atoms with E-state index >= 15 is 0 Å². The Morgan fingerprint density at radius 1 is 1.02 bits per heavy atom. The Hall–Kier alpha value is -2.42. The number of fused-ring (bicyclic) bond motifs is 3. The second-order valence-electron chi connectivity index (χ2n) is 15.5. The van der Waals surface area contributed by atoms with Crippen LogP contribution < -0.4 is 5.32 Å². The number of alkyl carbamates (subject to hydrolysis) is 1. The minimum atomic E-state index is -0.664. The molecule has 0 aromatic rings. The molecule has 0 aliphatic heterocycles. The lowest BCUT2D eigenvalue weighted by atomic mass is 9.40. The Morgan fingerprint density at radius 3 is 2.27 bits per heavy atom. The van der Waals surface area contributed by atoms with E-state index in [1.165, 1.54) is 0 Å². The fourth-order valence-corrected chi connectivity index (χ4v) is 8.87. The van der Waals surface area contributed by atoms with E-state index in [1.807, 2.05) is 32.9 Å². The van der Waals surface area contributed by atoms with Gasteiger partial charge >= 0.3 is 6.09 Å². The van der Waals surface area contributed by atoms with E-state index < -0.39 is 10.8 Å². The van der Waals surface area contributed by atoms with Crippen molar-refractivity contribution >= 4 is 17.7 Å². The molecular weight excluding hydrogens is 500 g/mol. The molecule has 1 amide bonds. The molecule has 4 aliphatic carbocycles. The first-order chi connectivity index (χ1) is 18.5. The van der Waals surface area contributed by atoms with Gasteiger partial charge in [-0.2, -0.15) is 5.26 Å². The fraction of sp³-hybridized carbons (Fsp3) is 0.765. The lowest BCUT2D eigenvalue weighted by Crippen LogP contribution is -2.57. The Bertz CT molecular complexity index is 1180. The third-order valence-electron chi connectivity index (χ3n) is 12.0. The van der Waals surface area contributed by atoms with Gasteiger partial charge in [-0.25, -0.2) is 4.79 Å². The molecule has 4 aliphatic rings. The van der Waals surface area contributed by atoms with E-state index in [0.29, 0.717) is 19.6 Å². The van der Waals surface area contributed by atoms with Crippen LogP contribution in [0, 0.1) is 49.7 Å². The molecular formula is C34H50N2O4. The van der Waals surface area contributed by atoms with Gasteiger partial charge in [0.05, 0.1) is 12.2 Å². The summed E-state index contributed by atoms with van der Waals surface area (Å²) < 4.78 is 5.76. The van der Waals surface area contributed by atoms with Gasteiger partial charge in [0.1, 0.15) is 6.07 Å². The molecule has 0 saturated heterocycles. The van der Waals surface area contributed by atoms with Gasteiger partial charge < -0.3 is 10.1 Å². The molecule has 220 valence electrons. The standard InChI is InChI=1S/C34H50N2O4/c1-9-36-28(39)40-22-34(15-12-29(2,3)13-16-34)17-14-31(6)20-24(37)18-26-32(7)19-23(21-35)27(38)30(4,5)25(32)10-11-33(26,31)8/h18-19,25H,9-17,20,22H2,1-8H3,(H,36,39)/t25-,31+,32-,33+/m0/s1. The third-order valence-corrected chi connectivity index (χ3v) is 12.0. The fourth-order valence-electron chi connectivity index (χ4n) is 8.87. The number of allylic oxidation sites excluding steroid dienone is 4. The number of nitriles is 1. The molecule has 4 rings (SSSR count). The maximum absolute atomic E-state index is 13.5. The number of ether oxygens (including phenoxy) is 1. The van der Waals surface area contributed by atoms with Crippen molar-refractivity contribution in [2.75, 3.05) is 13.2 Å². The van der Waals surface area contributed by atoms with Gasteiger partial charge in [0.25, 0.3) is 0 Å². The quantitative estimate of drug-likeness (QED) is 0.370. The number of hydrogen-bond donors (Lipinski definition) is 1. The monoisotopic (exact) mass is 550 g/mol. The molecule has 6 heteroatoms. The zero-order chi connectivity index (χ0) is 29.8. The van der Waals surface area contributed by atoms with Crippen molar-refractivity contribution in [3.8, 4) is 6.07 Å². The van der Waals surface area contributed by atoms with Crippen LogP contribution in [0.3, 0.4) is 0 Å². The van der Waals surface area contributed by atoms with Crippen LogP contribution in [0.15, 0.2) is 23.3 Å². The van der Waals surface area contributed by atoms with Crippen LogP contribution in [0.25, 0.3) is 0 Å². The highest BCUT2D eigenvalue weighted by molar-refractivity contribution is 6.04. The lowest BCUT2D eigenvalue weighted by Gasteiger charge is -2.63. The smallest absolute Gasteiger partial charge is 0.407 e. The molecule has 0 aromatic carbocycles. The second-order valence-corrected chi connectivity index (χ2v) is 15.5. The molecule has 0 bridgehead atoms. The first kappa shape index (κ1) is 30.5. The number of nitrogens with zero attached hydrogens (tertiary/aromatic N) is 1. The average Bonchev–Trinajstić information content (AvgIpc) is 2.87. The molecule has 0 spiro atoms. The molecule has 2 fully saturated rings. The van der Waals surface area contributed by atoms with Crippen molar-refractivity contribution in [2.24, 2.45) is 38.4 Å². The molecule has 0 heterocycles. The zero-order valence-electron chi connectivity index (χ0n) is 26.1. The lowest BCUT2D eigenvalue weighted by molar-refractivity contribution is -0.133. The van der Waals surface area contributed by atoms with E-state index in [0.717, 1.165) is 56.9 Å². The normalized spacial score (nSPS) is 35.8. The van der Waals surface area contributed by atoms with Crippen LogP contribution in [-0.2, 0) is 14.3 Å². The molecule has 2 saturated carbocycles. The Balaban J connectivity index is 1.67. The Morgan fingerprint density at radius 2 is 1.68 bits per heavy atom. The van der Waals surface area contributed by atoms with Gasteiger partial charge in [-0.1, -0.05) is 60.1 Å². The number of carbonyl (C=O) groups is 3. The van der Waals surface area contributed by atoms with Crippen molar-refractivity contribution in [1.82, 2.24) is 5.32 Å². The predicted octanol–water partition coefficient (Wildman–Crippen LogP) is 7.49. The number of hydrogen-bond acceptors (Lipinski definition) is 5. The molecule has 1 N–H and O–H groups in total. The third kappa shape index (κ3) is 4.96. The summed E-state index contributed by atoms with van der Waals surface area (Å²) in [4.78, 5) is 38.9. The van der Waals surface area contributed by atoms with Crippen LogP contribution >= 0.6 is 0 Å². The molecule has 40 heavy (non-hydrogen) atoms. The highest BCUT2D eigenvalue weighted by Gasteiger charge is 2.63. The molecule has 4 atom stereocenters. The summed E-state index contributed by atoms with van der Waals surface area (Å²) in [6.07, 6.45) is 11.6. The summed E-state index contributed by atoms with van der Waals surface area (Å²) in [7, 11) is 0. The van der Waals surface area contributed by atoms with Crippen molar-refractivity contribution in [3.05, 3.63) is 23.3 Å². The summed E-state index contributed by atoms with van der Waals surface area (Å²) >= 11 is 0. The molecule has 0 radical (unpaired) electrons. The van der Waals surface area contributed by atoms with E-state index in [4.69, 9.17) is 4.74 Å². The van der Waals surface area contributed by atoms with E-state index in [1.54, 1.807) is 0 Å². The number of nitrogens with one attached hydrogen (secondary N) is 1. The number of rotatable bonds is 6. The Kier molecular flexibility index (Phi) is 7.74. The first-order valence-electron chi connectivity index (χ1n) is 15.3. The topological polar surface area (TPSA) is 96.3 Å². The summed E-state index contributed by atoms with van der Waals surface area (Å²) in [6, 6.07) is 2.17. The summed E-state index contributed by atoms with van der Waals surface area (Å²) in [5, 5.41) is 12.6. The SMILES string of the molecule is CCNC(=O)OCC1(CC[C@]2(C)CC(=O)C=C3[C@@]4(C)C=C(C#N)C(=O)C(C)(C)[C@@H]4CC[C@]32C)CCC(C)(C)CC1. The van der Waals surface area contributed by atoms with Crippen LogP contribution in [0.5, 0.6) is 0 Å². The number of Topliss-reactive ketones (excluding diaryl/α,β-unsaturated/α-hetero) is 1. The van der Waals surface area contributed by atoms with Crippen molar-refractivity contribution in [3.63, 3.8) is 0 Å². The number of ketones is 2. The van der Waals surface area contributed by atoms with Gasteiger partial charge in [0, 0.05) is 29.2 Å². The maximum Gasteiger partial charge on any atom is 0.407 e. The predicted molar refractivity (Wildman–Crippen MR) is 156 cm³/mol. The molecule has 0 aromatic heterocycles. The molecule has 6 nitrogen and oxygen atoms in total. The van der Waals surface area contributed by atoms with Crippen LogP contribution in [0.2, 0.25) is 0 Å². The highest BCUT2D eigenvalue weighted by atomic mass is 16.5. The second kappa shape index (κ2) is 10.1. The average molecular weight is 551 g/mol. The minimum absolute atomic E-state index is 0.0384. The van der Waals surface area contributed by atoms with Gasteiger partial charge in [0.2, 0.25) is 0 Å².